The summed E-state index contributed by atoms with van der Waals surface area (Å²) in [4.78, 5) is 2.42. The summed E-state index contributed by atoms with van der Waals surface area (Å²) in [5.74, 6) is 0. The second-order valence-corrected chi connectivity index (χ2v) is 4.93. The average Bonchev–Trinajstić information content (AvgIpc) is 2.19. The lowest BCUT2D eigenvalue weighted by Gasteiger charge is -2.29. The predicted octanol–water partition coefficient (Wildman–Crippen LogP) is 2.22. The third kappa shape index (κ3) is 4.34. The second-order valence-electron chi connectivity index (χ2n) is 4.93. The third-order valence-corrected chi connectivity index (χ3v) is 2.54. The minimum atomic E-state index is 1.02. The molecule has 0 saturated heterocycles. The molecule has 0 radical (unpaired) electrons. The van der Waals surface area contributed by atoms with Gasteiger partial charge in [-0.3, -0.25) is 0 Å². The highest BCUT2D eigenvalue weighted by Crippen LogP contribution is 2.12. The zero-order valence-electron chi connectivity index (χ0n) is 10.4. The van der Waals surface area contributed by atoms with E-state index in [9.17, 15) is 0 Å². The Morgan fingerprint density at radius 3 is 2.13 bits per heavy atom. The molecule has 0 fully saturated rings. The van der Waals surface area contributed by atoms with Crippen LogP contribution in [0.4, 0.5) is 5.69 Å². The first-order valence-corrected chi connectivity index (χ1v) is 5.63. The van der Waals surface area contributed by atoms with E-state index in [-0.39, 0.29) is 0 Å². The number of hydrogen-bond acceptors (Lipinski definition) is 1. The fraction of sp³-hybridized carbons (Fsp3) is 0.538. The molecule has 0 bridgehead atoms. The van der Waals surface area contributed by atoms with Gasteiger partial charge in [-0.1, -0.05) is 18.2 Å². The first-order valence-electron chi connectivity index (χ1n) is 5.63. The van der Waals surface area contributed by atoms with Crippen molar-refractivity contribution in [2.45, 2.75) is 6.92 Å². The molecule has 0 N–H and O–H groups in total. The van der Waals surface area contributed by atoms with Crippen LogP contribution in [0, 0.1) is 0 Å². The maximum absolute atomic E-state index is 2.42. The van der Waals surface area contributed by atoms with Crippen LogP contribution in [0.5, 0.6) is 0 Å². The van der Waals surface area contributed by atoms with Crippen molar-refractivity contribution in [1.29, 1.82) is 0 Å². The monoisotopic (exact) mass is 207 g/mol. The molecule has 2 heteroatoms. The molecule has 1 rings (SSSR count). The molecular weight excluding hydrogens is 184 g/mol. The Balaban J connectivity index is 2.58. The molecule has 1 aromatic rings. The number of likely N-dealkylation sites (N-methyl/N-ethyl adjacent to an activating group) is 2. The molecule has 0 spiro atoms. The summed E-state index contributed by atoms with van der Waals surface area (Å²) in [6, 6.07) is 10.6. The molecule has 1 aromatic carbocycles. The van der Waals surface area contributed by atoms with Gasteiger partial charge in [0.25, 0.3) is 0 Å². The van der Waals surface area contributed by atoms with Gasteiger partial charge in [-0.15, -0.1) is 0 Å². The van der Waals surface area contributed by atoms with Crippen molar-refractivity contribution in [3.63, 3.8) is 0 Å². The summed E-state index contributed by atoms with van der Waals surface area (Å²) >= 11 is 0. The molecule has 2 nitrogen and oxygen atoms in total. The van der Waals surface area contributed by atoms with Gasteiger partial charge in [0, 0.05) is 12.2 Å². The first-order chi connectivity index (χ1) is 7.03. The predicted molar refractivity (Wildman–Crippen MR) is 67.2 cm³/mol. The summed E-state index contributed by atoms with van der Waals surface area (Å²) < 4.78 is 1.02. The number of para-hydroxylation sites is 1. The SMILES string of the molecule is CCN(CC[N+](C)(C)C)c1ccccc1. The zero-order valence-corrected chi connectivity index (χ0v) is 10.4. The van der Waals surface area contributed by atoms with Crippen LogP contribution in [0.25, 0.3) is 0 Å². The van der Waals surface area contributed by atoms with E-state index < -0.39 is 0 Å². The molecule has 0 aliphatic rings. The van der Waals surface area contributed by atoms with E-state index in [4.69, 9.17) is 0 Å². The Hall–Kier alpha value is -1.02. The molecule has 15 heavy (non-hydrogen) atoms. The second kappa shape index (κ2) is 5.17. The molecule has 0 aliphatic heterocycles. The van der Waals surface area contributed by atoms with Gasteiger partial charge in [0.2, 0.25) is 0 Å². The van der Waals surface area contributed by atoms with Crippen molar-refractivity contribution in [1.82, 2.24) is 0 Å². The van der Waals surface area contributed by atoms with Crippen molar-refractivity contribution in [3.8, 4) is 0 Å². The summed E-state index contributed by atoms with van der Waals surface area (Å²) in [7, 11) is 6.70. The molecule has 0 aliphatic carbocycles. The number of nitrogens with zero attached hydrogens (tertiary/aromatic N) is 2. The summed E-state index contributed by atoms with van der Waals surface area (Å²) in [6.07, 6.45) is 0. The van der Waals surface area contributed by atoms with Gasteiger partial charge in [0.15, 0.2) is 0 Å². The highest BCUT2D eigenvalue weighted by molar-refractivity contribution is 5.45. The molecule has 0 aromatic heterocycles. The summed E-state index contributed by atoms with van der Waals surface area (Å²) in [6.45, 7) is 5.57. The molecular formula is C13H23N2+. The standard InChI is InChI=1S/C13H23N2/c1-5-14(11-12-15(2,3)4)13-9-7-6-8-10-13/h6-10H,5,11-12H2,1-4H3/q+1. The molecule has 0 unspecified atom stereocenters. The van der Waals surface area contributed by atoms with E-state index in [1.807, 2.05) is 0 Å². The fourth-order valence-electron chi connectivity index (χ4n) is 1.53. The molecule has 0 atom stereocenters. The highest BCUT2D eigenvalue weighted by atomic mass is 15.3. The van der Waals surface area contributed by atoms with E-state index in [0.717, 1.165) is 17.6 Å². The summed E-state index contributed by atoms with van der Waals surface area (Å²) in [5, 5.41) is 0. The Bertz CT molecular complexity index is 274. The van der Waals surface area contributed by atoms with Crippen molar-refractivity contribution < 1.29 is 4.48 Å². The van der Waals surface area contributed by atoms with E-state index in [1.54, 1.807) is 0 Å². The van der Waals surface area contributed by atoms with Gasteiger partial charge in [-0.05, 0) is 19.1 Å². The van der Waals surface area contributed by atoms with Crippen molar-refractivity contribution in [2.75, 3.05) is 45.7 Å². The van der Waals surface area contributed by atoms with Gasteiger partial charge in [0.05, 0.1) is 34.2 Å². The van der Waals surface area contributed by atoms with Crippen LogP contribution >= 0.6 is 0 Å². The van der Waals surface area contributed by atoms with Crippen LogP contribution < -0.4 is 4.90 Å². The maximum Gasteiger partial charge on any atom is 0.0958 e. The van der Waals surface area contributed by atoms with Crippen molar-refractivity contribution >= 4 is 5.69 Å². The van der Waals surface area contributed by atoms with Gasteiger partial charge >= 0.3 is 0 Å². The summed E-state index contributed by atoms with van der Waals surface area (Å²) in [5.41, 5.74) is 1.33. The highest BCUT2D eigenvalue weighted by Gasteiger charge is 2.10. The van der Waals surface area contributed by atoms with Gasteiger partial charge in [-0.2, -0.15) is 0 Å². The normalized spacial score (nSPS) is 11.5. The van der Waals surface area contributed by atoms with E-state index in [1.165, 1.54) is 12.2 Å². The van der Waals surface area contributed by atoms with Crippen molar-refractivity contribution in [3.05, 3.63) is 30.3 Å². The fourth-order valence-corrected chi connectivity index (χ4v) is 1.53. The smallest absolute Gasteiger partial charge is 0.0958 e. The van der Waals surface area contributed by atoms with E-state index in [0.29, 0.717) is 0 Å². The van der Waals surface area contributed by atoms with Crippen molar-refractivity contribution in [2.24, 2.45) is 0 Å². The van der Waals surface area contributed by atoms with Gasteiger partial charge in [-0.25, -0.2) is 0 Å². The van der Waals surface area contributed by atoms with Crippen LogP contribution in [0.3, 0.4) is 0 Å². The van der Waals surface area contributed by atoms with E-state index in [2.05, 4.69) is 63.3 Å². The molecule has 0 amide bonds. The Kier molecular flexibility index (Phi) is 4.15. The van der Waals surface area contributed by atoms with Crippen LogP contribution in [-0.4, -0.2) is 45.3 Å². The van der Waals surface area contributed by atoms with Gasteiger partial charge in [0.1, 0.15) is 0 Å². The Morgan fingerprint density at radius 2 is 1.67 bits per heavy atom. The quantitative estimate of drug-likeness (QED) is 0.669. The minimum Gasteiger partial charge on any atom is -0.366 e. The zero-order chi connectivity index (χ0) is 11.3. The lowest BCUT2D eigenvalue weighted by molar-refractivity contribution is -0.868. The van der Waals surface area contributed by atoms with Crippen LogP contribution in [0.2, 0.25) is 0 Å². The number of quaternary nitrogens is 1. The topological polar surface area (TPSA) is 3.24 Å². The minimum absolute atomic E-state index is 1.02. The van der Waals surface area contributed by atoms with Crippen LogP contribution in [-0.2, 0) is 0 Å². The van der Waals surface area contributed by atoms with E-state index >= 15 is 0 Å². The Morgan fingerprint density at radius 1 is 1.07 bits per heavy atom. The third-order valence-electron chi connectivity index (χ3n) is 2.54. The number of benzene rings is 1. The average molecular weight is 207 g/mol. The number of rotatable bonds is 5. The number of anilines is 1. The Labute approximate surface area is 93.7 Å². The number of hydrogen-bond donors (Lipinski definition) is 0. The molecule has 0 saturated carbocycles. The largest absolute Gasteiger partial charge is 0.366 e. The van der Waals surface area contributed by atoms with Gasteiger partial charge < -0.3 is 9.38 Å². The van der Waals surface area contributed by atoms with Crippen LogP contribution in [0.15, 0.2) is 30.3 Å². The molecule has 0 heterocycles. The lowest BCUT2D eigenvalue weighted by atomic mass is 10.3. The van der Waals surface area contributed by atoms with Crippen LogP contribution in [0.1, 0.15) is 6.92 Å². The first kappa shape index (κ1) is 12.1. The molecule has 84 valence electrons. The lowest BCUT2D eigenvalue weighted by Crippen LogP contribution is -2.42. The maximum atomic E-state index is 2.42.